The van der Waals surface area contributed by atoms with Crippen LogP contribution < -0.4 is 0 Å². The summed E-state index contributed by atoms with van der Waals surface area (Å²) in [6, 6.07) is 0. The predicted octanol–water partition coefficient (Wildman–Crippen LogP) is -0.649. The van der Waals surface area contributed by atoms with Gasteiger partial charge in [-0.25, -0.2) is 0 Å². The maximum absolute atomic E-state index is 8.91. The van der Waals surface area contributed by atoms with Crippen molar-refractivity contribution < 1.29 is 37.6 Å². The zero-order valence-electron chi connectivity index (χ0n) is 5.88. The van der Waals surface area contributed by atoms with Crippen LogP contribution in [0.25, 0.3) is 0 Å². The van der Waals surface area contributed by atoms with E-state index in [1.54, 1.807) is 0 Å². The average Bonchev–Trinajstić information content (AvgIpc) is 1.87. The van der Waals surface area contributed by atoms with E-state index in [1.807, 2.05) is 0 Å². The Labute approximate surface area is 68.4 Å². The van der Waals surface area contributed by atoms with E-state index in [9.17, 15) is 0 Å². The molecule has 1 N–H and O–H groups in total. The molecule has 0 saturated heterocycles. The van der Waals surface area contributed by atoms with Gasteiger partial charge in [0.25, 0.3) is 0 Å². The summed E-state index contributed by atoms with van der Waals surface area (Å²) in [5, 5.41) is 0. The molecule has 0 amide bonds. The Balaban J connectivity index is 0. The summed E-state index contributed by atoms with van der Waals surface area (Å²) < 4.78 is 13.5. The minimum absolute atomic E-state index is 0. The van der Waals surface area contributed by atoms with Gasteiger partial charge in [0.2, 0.25) is 0 Å². The molecule has 0 aliphatic carbocycles. The number of hydrogen-bond donors (Lipinski definition) is 1. The average molecular weight is 204 g/mol. The maximum Gasteiger partial charge on any atom is 0.676 e. The molecule has 0 saturated carbocycles. The van der Waals surface area contributed by atoms with Gasteiger partial charge in [0.05, 0.1) is 0 Å². The van der Waals surface area contributed by atoms with E-state index in [0.29, 0.717) is 0 Å². The summed E-state index contributed by atoms with van der Waals surface area (Å²) in [4.78, 5) is 8.91. The Bertz CT molecular complexity index is 58.6. The molecule has 0 rings (SSSR count). The van der Waals surface area contributed by atoms with E-state index in [1.165, 1.54) is 21.3 Å². The van der Waals surface area contributed by atoms with Crippen LogP contribution in [0.4, 0.5) is 0 Å². The summed E-state index contributed by atoms with van der Waals surface area (Å²) in [5.74, 6) is 0. The quantitative estimate of drug-likeness (QED) is 0.620. The van der Waals surface area contributed by atoms with Crippen LogP contribution in [0.2, 0.25) is 0 Å². The van der Waals surface area contributed by atoms with E-state index in [0.717, 1.165) is 0 Å². The predicted molar refractivity (Wildman–Crippen MR) is 29.0 cm³/mol. The van der Waals surface area contributed by atoms with Crippen LogP contribution in [-0.2, 0) is 32.8 Å². The first-order valence-electron chi connectivity index (χ1n) is 2.06. The van der Waals surface area contributed by atoms with Crippen molar-refractivity contribution >= 4 is 9.05 Å². The minimum Gasteiger partial charge on any atom is -0.367 e. The normalized spacial score (nSPS) is 10.7. The van der Waals surface area contributed by atoms with Crippen LogP contribution in [0.3, 0.4) is 0 Å². The first kappa shape index (κ1) is 12.4. The van der Waals surface area contributed by atoms with Crippen molar-refractivity contribution in [3.8, 4) is 0 Å². The van der Waals surface area contributed by atoms with Gasteiger partial charge < -0.3 is 18.1 Å². The molecule has 0 bridgehead atoms. The van der Waals surface area contributed by atoms with E-state index < -0.39 is 9.05 Å². The van der Waals surface area contributed by atoms with Gasteiger partial charge >= 0.3 is 9.05 Å². The number of rotatable bonds is 3. The molecule has 0 aromatic rings. The Morgan fingerprint density at radius 3 is 1.22 bits per heavy atom. The van der Waals surface area contributed by atoms with Crippen molar-refractivity contribution in [1.29, 1.82) is 0 Å². The van der Waals surface area contributed by atoms with Gasteiger partial charge in [-0.3, -0.25) is 0 Å². The van der Waals surface area contributed by atoms with Crippen LogP contribution in [0.5, 0.6) is 0 Å². The zero-order chi connectivity index (χ0) is 6.62. The summed E-state index contributed by atoms with van der Waals surface area (Å²) in [6.45, 7) is 0. The van der Waals surface area contributed by atoms with Crippen molar-refractivity contribution in [1.82, 2.24) is 0 Å². The molecule has 0 aromatic heterocycles. The third-order valence-electron chi connectivity index (χ3n) is 0.774. The molecule has 0 unspecified atom stereocenters. The molecule has 52 valence electrons. The largest absolute Gasteiger partial charge is 0.676 e. The summed E-state index contributed by atoms with van der Waals surface area (Å²) in [5.41, 5.74) is 0. The molecule has 0 aromatic carbocycles. The fourth-order valence-electron chi connectivity index (χ4n) is 0.250. The molecule has 0 atom stereocenters. The maximum atomic E-state index is 8.91. The molecule has 0 aliphatic rings. The van der Waals surface area contributed by atoms with Gasteiger partial charge in [0, 0.05) is 40.8 Å². The molecule has 0 spiro atoms. The van der Waals surface area contributed by atoms with Gasteiger partial charge in [-0.2, -0.15) is 0 Å². The Kier molecular flexibility index (Phi) is 7.51. The molecule has 0 fully saturated rings. The third kappa shape index (κ3) is 4.13. The van der Waals surface area contributed by atoms with Gasteiger partial charge in [-0.15, -0.1) is 0 Å². The van der Waals surface area contributed by atoms with E-state index >= 15 is 0 Å². The molecule has 9 heavy (non-hydrogen) atoms. The van der Waals surface area contributed by atoms with Crippen molar-refractivity contribution in [2.45, 2.75) is 0 Å². The smallest absolute Gasteiger partial charge is 0.367 e. The van der Waals surface area contributed by atoms with Crippen LogP contribution in [-0.4, -0.2) is 35.2 Å². The zero-order valence-corrected chi connectivity index (χ0v) is 9.85. The minimum atomic E-state index is -3.17. The molecule has 4 nitrogen and oxygen atoms in total. The van der Waals surface area contributed by atoms with Crippen LogP contribution in [0.1, 0.15) is 0 Å². The van der Waals surface area contributed by atoms with Crippen LogP contribution in [0.15, 0.2) is 0 Å². The van der Waals surface area contributed by atoms with Crippen molar-refractivity contribution in [3.63, 3.8) is 0 Å². The van der Waals surface area contributed by atoms with Gasteiger partial charge in [0.15, 0.2) is 0 Å². The third-order valence-corrected chi connectivity index (χ3v) is 2.32. The monoisotopic (exact) mass is 202 g/mol. The second-order valence-electron chi connectivity index (χ2n) is 1.14. The molecule has 6 heteroatoms. The first-order valence-corrected chi connectivity index (χ1v) is 3.73. The molecule has 0 aliphatic heterocycles. The molecular formula is C3H10O4SiZn. The van der Waals surface area contributed by atoms with Crippen molar-refractivity contribution in [2.75, 3.05) is 21.3 Å². The second kappa shape index (κ2) is 5.46. The van der Waals surface area contributed by atoms with Gasteiger partial charge in [-0.1, -0.05) is 0 Å². The Morgan fingerprint density at radius 2 is 1.22 bits per heavy atom. The van der Waals surface area contributed by atoms with Crippen molar-refractivity contribution in [3.05, 3.63) is 0 Å². The SMILES string of the molecule is CO[Si](O)(OC)OC.[Zn]. The second-order valence-corrected chi connectivity index (χ2v) is 3.41. The fourth-order valence-corrected chi connectivity index (χ4v) is 0.750. The van der Waals surface area contributed by atoms with Crippen molar-refractivity contribution in [2.24, 2.45) is 0 Å². The van der Waals surface area contributed by atoms with Gasteiger partial charge in [-0.05, 0) is 0 Å². The van der Waals surface area contributed by atoms with E-state index in [-0.39, 0.29) is 19.5 Å². The van der Waals surface area contributed by atoms with Gasteiger partial charge in [0.1, 0.15) is 0 Å². The molecule has 0 radical (unpaired) electrons. The summed E-state index contributed by atoms with van der Waals surface area (Å²) >= 11 is 0. The summed E-state index contributed by atoms with van der Waals surface area (Å²) in [6.07, 6.45) is 0. The molecule has 0 heterocycles. The van der Waals surface area contributed by atoms with Crippen LogP contribution in [0, 0.1) is 0 Å². The topological polar surface area (TPSA) is 47.9 Å². The fraction of sp³-hybridized carbons (Fsp3) is 1.00. The van der Waals surface area contributed by atoms with E-state index in [2.05, 4.69) is 13.3 Å². The first-order chi connectivity index (χ1) is 3.68. The van der Waals surface area contributed by atoms with Crippen LogP contribution >= 0.6 is 0 Å². The Morgan fingerprint density at radius 1 is 1.00 bits per heavy atom. The Hall–Kier alpha value is 0.680. The molecular weight excluding hydrogens is 194 g/mol. The summed E-state index contributed by atoms with van der Waals surface area (Å²) in [7, 11) is 0.826. The number of hydrogen-bond acceptors (Lipinski definition) is 4. The standard InChI is InChI=1S/C3H10O4Si.Zn/c1-5-8(4,6-2)7-3;/h4H,1-3H3;. The van der Waals surface area contributed by atoms with E-state index in [4.69, 9.17) is 4.80 Å².